The van der Waals surface area contributed by atoms with E-state index in [-0.39, 0.29) is 30.1 Å². The number of rotatable bonds is 8. The fraction of sp³-hybridized carbons (Fsp3) is 0.450. The van der Waals surface area contributed by atoms with E-state index >= 15 is 0 Å². The van der Waals surface area contributed by atoms with E-state index in [9.17, 15) is 13.2 Å². The lowest BCUT2D eigenvalue weighted by molar-refractivity contribution is -0.120. The third-order valence-corrected chi connectivity index (χ3v) is 8.06. The number of thioether (sulfide) groups is 1. The van der Waals surface area contributed by atoms with Gasteiger partial charge in [0.2, 0.25) is 12.7 Å². The van der Waals surface area contributed by atoms with Gasteiger partial charge in [0.05, 0.1) is 16.8 Å². The molecule has 1 aromatic heterocycles. The van der Waals surface area contributed by atoms with E-state index in [1.54, 1.807) is 13.0 Å². The Balaban J connectivity index is 1.40. The minimum atomic E-state index is -3.03. The molecule has 0 aliphatic carbocycles. The van der Waals surface area contributed by atoms with Crippen LogP contribution in [-0.2, 0) is 27.7 Å². The van der Waals surface area contributed by atoms with E-state index in [2.05, 4.69) is 22.1 Å². The second-order valence-corrected chi connectivity index (χ2v) is 11.0. The van der Waals surface area contributed by atoms with Crippen LogP contribution in [0.15, 0.2) is 36.0 Å². The van der Waals surface area contributed by atoms with Crippen LogP contribution >= 0.6 is 11.8 Å². The maximum atomic E-state index is 12.6. The molecule has 9 nitrogen and oxygen atoms in total. The zero-order chi connectivity index (χ0) is 22.0. The Labute approximate surface area is 185 Å². The second-order valence-electron chi connectivity index (χ2n) is 7.51. The Hall–Kier alpha value is -2.53. The molecule has 1 N–H and O–H groups in total. The minimum absolute atomic E-state index is 0.0819. The number of allylic oxidation sites excluding steroid dienone is 1. The number of nitrogens with one attached hydrogen (secondary N) is 1. The number of aromatic nitrogens is 3. The Morgan fingerprint density at radius 2 is 2.19 bits per heavy atom. The molecule has 31 heavy (non-hydrogen) atoms. The quantitative estimate of drug-likeness (QED) is 0.466. The van der Waals surface area contributed by atoms with Crippen molar-refractivity contribution in [3.8, 4) is 11.5 Å². The summed E-state index contributed by atoms with van der Waals surface area (Å²) in [5.74, 6) is 1.94. The average molecular weight is 465 g/mol. The number of sulfone groups is 1. The van der Waals surface area contributed by atoms with Gasteiger partial charge in [0.25, 0.3) is 0 Å². The van der Waals surface area contributed by atoms with Crippen LogP contribution in [0.3, 0.4) is 0 Å². The molecule has 1 aromatic carbocycles. The number of nitrogens with zero attached hydrogens (tertiary/aromatic N) is 3. The molecule has 0 radical (unpaired) electrons. The molecular formula is C20H24N4O5S2. The van der Waals surface area contributed by atoms with E-state index in [0.717, 1.165) is 5.56 Å². The van der Waals surface area contributed by atoms with Crippen molar-refractivity contribution >= 4 is 27.5 Å². The van der Waals surface area contributed by atoms with Crippen molar-refractivity contribution in [2.24, 2.45) is 0 Å². The highest BCUT2D eigenvalue weighted by molar-refractivity contribution is 8.00. The van der Waals surface area contributed by atoms with E-state index in [1.807, 2.05) is 22.8 Å². The maximum absolute atomic E-state index is 12.6. The van der Waals surface area contributed by atoms with Gasteiger partial charge in [0.15, 0.2) is 26.5 Å². The Bertz CT molecular complexity index is 1100. The fourth-order valence-electron chi connectivity index (χ4n) is 3.58. The first-order chi connectivity index (χ1) is 14.9. The number of ether oxygens (including phenoxy) is 2. The van der Waals surface area contributed by atoms with E-state index in [0.29, 0.717) is 42.0 Å². The predicted molar refractivity (Wildman–Crippen MR) is 116 cm³/mol. The van der Waals surface area contributed by atoms with Gasteiger partial charge in [-0.25, -0.2) is 8.42 Å². The molecule has 1 fully saturated rings. The summed E-state index contributed by atoms with van der Waals surface area (Å²) in [6.45, 7) is 6.59. The van der Waals surface area contributed by atoms with Gasteiger partial charge in [-0.1, -0.05) is 23.9 Å². The zero-order valence-electron chi connectivity index (χ0n) is 17.1. The number of carbonyl (C=O) groups excluding carboxylic acids is 1. The summed E-state index contributed by atoms with van der Waals surface area (Å²) in [7, 11) is -3.03. The number of hydrogen-bond acceptors (Lipinski definition) is 8. The SMILES string of the molecule is C=CCn1c(S[C@H](C)C(=O)NCc2ccc3c(c2)OCO3)nnc1[C@@H]1CCS(=O)(=O)C1. The number of benzene rings is 1. The van der Waals surface area contributed by atoms with Crippen molar-refractivity contribution < 1.29 is 22.7 Å². The standard InChI is InChI=1S/C20H24N4O5S2/c1-3-7-24-18(15-6-8-31(26,27)11-15)22-23-20(24)30-13(2)19(25)21-10-14-4-5-16-17(9-14)29-12-28-16/h3-5,9,13,15H,1,6-8,10-12H2,2H3,(H,21,25)/t13-,15-/m1/s1. The van der Waals surface area contributed by atoms with Crippen molar-refractivity contribution in [3.05, 3.63) is 42.2 Å². The van der Waals surface area contributed by atoms with Gasteiger partial charge in [-0.2, -0.15) is 0 Å². The van der Waals surface area contributed by atoms with Crippen LogP contribution in [0.2, 0.25) is 0 Å². The lowest BCUT2D eigenvalue weighted by Crippen LogP contribution is -2.30. The highest BCUT2D eigenvalue weighted by atomic mass is 32.2. The first-order valence-corrected chi connectivity index (χ1v) is 12.6. The van der Waals surface area contributed by atoms with Crippen molar-refractivity contribution in [1.29, 1.82) is 0 Å². The summed E-state index contributed by atoms with van der Waals surface area (Å²) < 4.78 is 36.2. The zero-order valence-corrected chi connectivity index (χ0v) is 18.7. The van der Waals surface area contributed by atoms with Crippen LogP contribution in [0.25, 0.3) is 0 Å². The molecule has 0 unspecified atom stereocenters. The number of fused-ring (bicyclic) bond motifs is 1. The second kappa shape index (κ2) is 8.91. The molecule has 2 aliphatic rings. The number of carbonyl (C=O) groups is 1. The molecule has 1 saturated heterocycles. The molecule has 1 amide bonds. The smallest absolute Gasteiger partial charge is 0.233 e. The minimum Gasteiger partial charge on any atom is -0.454 e. The molecule has 4 rings (SSSR count). The van der Waals surface area contributed by atoms with E-state index in [1.165, 1.54) is 11.8 Å². The molecule has 2 aromatic rings. The fourth-order valence-corrected chi connectivity index (χ4v) is 6.21. The molecule has 0 bridgehead atoms. The molecule has 0 spiro atoms. The van der Waals surface area contributed by atoms with E-state index < -0.39 is 15.1 Å². The normalized spacial score (nSPS) is 19.8. The van der Waals surface area contributed by atoms with Crippen LogP contribution in [0, 0.1) is 0 Å². The van der Waals surface area contributed by atoms with Crippen LogP contribution in [0.1, 0.15) is 30.7 Å². The molecule has 3 heterocycles. The molecule has 2 atom stereocenters. The number of amides is 1. The Morgan fingerprint density at radius 3 is 2.94 bits per heavy atom. The number of hydrogen-bond donors (Lipinski definition) is 1. The van der Waals surface area contributed by atoms with Crippen molar-refractivity contribution in [1.82, 2.24) is 20.1 Å². The van der Waals surface area contributed by atoms with Crippen molar-refractivity contribution in [2.45, 2.75) is 42.8 Å². The van der Waals surface area contributed by atoms with Gasteiger partial charge in [-0.3, -0.25) is 4.79 Å². The molecule has 2 aliphatic heterocycles. The molecule has 11 heteroatoms. The van der Waals surface area contributed by atoms with Crippen molar-refractivity contribution in [2.75, 3.05) is 18.3 Å². The Kier molecular flexibility index (Phi) is 6.24. The van der Waals surface area contributed by atoms with Gasteiger partial charge >= 0.3 is 0 Å². The summed E-state index contributed by atoms with van der Waals surface area (Å²) in [5, 5.41) is 11.6. The first-order valence-electron chi connectivity index (χ1n) is 9.93. The third kappa shape index (κ3) is 4.87. The van der Waals surface area contributed by atoms with Gasteiger partial charge < -0.3 is 19.4 Å². The summed E-state index contributed by atoms with van der Waals surface area (Å²) in [6.07, 6.45) is 2.25. The molecule has 0 saturated carbocycles. The lowest BCUT2D eigenvalue weighted by Gasteiger charge is -2.14. The topological polar surface area (TPSA) is 112 Å². The van der Waals surface area contributed by atoms with Gasteiger partial charge in [-0.05, 0) is 31.0 Å². The highest BCUT2D eigenvalue weighted by Gasteiger charge is 2.33. The van der Waals surface area contributed by atoms with Gasteiger partial charge in [0.1, 0.15) is 5.82 Å². The van der Waals surface area contributed by atoms with E-state index in [4.69, 9.17) is 9.47 Å². The predicted octanol–water partition coefficient (Wildman–Crippen LogP) is 1.89. The molecule has 166 valence electrons. The van der Waals surface area contributed by atoms with Crippen LogP contribution in [0.4, 0.5) is 0 Å². The summed E-state index contributed by atoms with van der Waals surface area (Å²) in [4.78, 5) is 12.6. The largest absolute Gasteiger partial charge is 0.454 e. The monoisotopic (exact) mass is 464 g/mol. The first kappa shape index (κ1) is 21.7. The van der Waals surface area contributed by atoms with Crippen molar-refractivity contribution in [3.63, 3.8) is 0 Å². The summed E-state index contributed by atoms with van der Waals surface area (Å²) in [5.41, 5.74) is 0.911. The third-order valence-electron chi connectivity index (χ3n) is 5.21. The Morgan fingerprint density at radius 1 is 1.39 bits per heavy atom. The maximum Gasteiger partial charge on any atom is 0.233 e. The lowest BCUT2D eigenvalue weighted by atomic mass is 10.1. The summed E-state index contributed by atoms with van der Waals surface area (Å²) in [6, 6.07) is 5.56. The highest BCUT2D eigenvalue weighted by Crippen LogP contribution is 2.33. The average Bonchev–Trinajstić information content (AvgIpc) is 3.45. The molecular weight excluding hydrogens is 440 g/mol. The van der Waals surface area contributed by atoms with Crippen LogP contribution in [0.5, 0.6) is 11.5 Å². The summed E-state index contributed by atoms with van der Waals surface area (Å²) >= 11 is 1.29. The van der Waals surface area contributed by atoms with Crippen LogP contribution in [-0.4, -0.2) is 52.6 Å². The van der Waals surface area contributed by atoms with Gasteiger partial charge in [-0.15, -0.1) is 16.8 Å². The van der Waals surface area contributed by atoms with Gasteiger partial charge in [0, 0.05) is 19.0 Å². The van der Waals surface area contributed by atoms with Crippen LogP contribution < -0.4 is 14.8 Å².